The van der Waals surface area contributed by atoms with E-state index in [9.17, 15) is 4.79 Å². The number of fused-ring (bicyclic) bond motifs is 1. The summed E-state index contributed by atoms with van der Waals surface area (Å²) in [5.41, 5.74) is 1.58. The van der Waals surface area contributed by atoms with Crippen LogP contribution in [0.4, 0.5) is 0 Å². The summed E-state index contributed by atoms with van der Waals surface area (Å²) in [5.74, 6) is 0.558. The molecule has 2 atom stereocenters. The Balaban J connectivity index is 2.00. The van der Waals surface area contributed by atoms with Crippen molar-refractivity contribution in [1.29, 1.82) is 0 Å². The third-order valence-electron chi connectivity index (χ3n) is 3.83. The Labute approximate surface area is 154 Å². The smallest absolute Gasteiger partial charge is 0.310 e. The van der Waals surface area contributed by atoms with E-state index in [2.05, 4.69) is 27.7 Å². The van der Waals surface area contributed by atoms with Gasteiger partial charge in [-0.05, 0) is 58.5 Å². The molecule has 0 amide bonds. The van der Waals surface area contributed by atoms with E-state index in [0.717, 1.165) is 28.7 Å². The molecule has 0 bridgehead atoms. The van der Waals surface area contributed by atoms with E-state index in [-0.39, 0.29) is 18.5 Å². The first kappa shape index (κ1) is 19.7. The van der Waals surface area contributed by atoms with Crippen LogP contribution in [-0.4, -0.2) is 29.2 Å². The minimum Gasteiger partial charge on any atom is -0.490 e. The molecular weight excluding hydrogens is 336 g/mol. The number of carbonyl (C=O) groups excluding carboxylic acids is 1. The summed E-state index contributed by atoms with van der Waals surface area (Å²) in [5, 5.41) is 2.22. The highest BCUT2D eigenvalue weighted by atomic mass is 32.2. The fourth-order valence-corrected chi connectivity index (χ4v) is 4.41. The lowest BCUT2D eigenvalue weighted by atomic mass is 10.1. The van der Waals surface area contributed by atoms with Crippen LogP contribution in [0.5, 0.6) is 5.75 Å². The number of benzene rings is 1. The zero-order valence-corrected chi connectivity index (χ0v) is 16.6. The van der Waals surface area contributed by atoms with Crippen LogP contribution in [0.25, 0.3) is 11.0 Å². The predicted molar refractivity (Wildman–Crippen MR) is 105 cm³/mol. The Kier molecular flexibility index (Phi) is 7.24. The topological polar surface area (TPSA) is 48.7 Å². The highest BCUT2D eigenvalue weighted by molar-refractivity contribution is 7.79. The molecule has 2 rings (SSSR count). The number of furan rings is 1. The molecule has 0 spiro atoms. The van der Waals surface area contributed by atoms with Crippen molar-refractivity contribution in [2.75, 3.05) is 6.61 Å². The molecule has 0 saturated carbocycles. The van der Waals surface area contributed by atoms with Crippen molar-refractivity contribution in [1.82, 2.24) is 0 Å². The van der Waals surface area contributed by atoms with Gasteiger partial charge in [0.05, 0.1) is 19.3 Å². The molecule has 0 aliphatic heterocycles. The maximum atomic E-state index is 11.7. The molecule has 4 nitrogen and oxygen atoms in total. The van der Waals surface area contributed by atoms with Crippen LogP contribution in [0.3, 0.4) is 0 Å². The molecule has 0 N–H and O–H groups in total. The van der Waals surface area contributed by atoms with E-state index < -0.39 is 0 Å². The van der Waals surface area contributed by atoms with Gasteiger partial charge in [0.2, 0.25) is 0 Å². The molecule has 25 heavy (non-hydrogen) atoms. The molecule has 0 aliphatic carbocycles. The summed E-state index contributed by atoms with van der Waals surface area (Å²) in [6.07, 6.45) is 3.01. The number of thiol groups is 1. The molecule has 5 heteroatoms. The van der Waals surface area contributed by atoms with Crippen molar-refractivity contribution in [3.05, 3.63) is 30.0 Å². The largest absolute Gasteiger partial charge is 0.490 e. The summed E-state index contributed by atoms with van der Waals surface area (Å²) >= 11 is 1.46. The van der Waals surface area contributed by atoms with E-state index in [1.54, 1.807) is 13.2 Å². The number of rotatable bonds is 9. The normalized spacial score (nSPS) is 13.8. The Morgan fingerprint density at radius 3 is 2.68 bits per heavy atom. The second kappa shape index (κ2) is 9.18. The Hall–Kier alpha value is -1.62. The van der Waals surface area contributed by atoms with Gasteiger partial charge in [0.15, 0.2) is 0 Å². The molecule has 0 fully saturated rings. The molecule has 0 saturated heterocycles. The summed E-state index contributed by atoms with van der Waals surface area (Å²) < 4.78 is 16.6. The number of ether oxygens (including phenoxy) is 2. The zero-order chi connectivity index (χ0) is 18.4. The van der Waals surface area contributed by atoms with Gasteiger partial charge < -0.3 is 13.9 Å². The van der Waals surface area contributed by atoms with Crippen LogP contribution in [0.2, 0.25) is 0 Å². The third kappa shape index (κ3) is 5.99. The fourth-order valence-electron chi connectivity index (χ4n) is 2.97. The van der Waals surface area contributed by atoms with E-state index in [1.165, 1.54) is 11.8 Å². The first-order chi connectivity index (χ1) is 11.9. The van der Waals surface area contributed by atoms with Crippen molar-refractivity contribution < 1.29 is 18.7 Å². The van der Waals surface area contributed by atoms with Crippen LogP contribution in [-0.2, 0) is 27.7 Å². The third-order valence-corrected chi connectivity index (χ3v) is 5.15. The van der Waals surface area contributed by atoms with E-state index in [0.29, 0.717) is 17.1 Å². The molecule has 1 aromatic carbocycles. The van der Waals surface area contributed by atoms with Crippen molar-refractivity contribution in [3.8, 4) is 5.75 Å². The van der Waals surface area contributed by atoms with Crippen LogP contribution in [0, 0.1) is 0 Å². The number of carbonyl (C=O) groups is 1. The van der Waals surface area contributed by atoms with Gasteiger partial charge in [-0.2, -0.15) is 0 Å². The predicted octanol–water partition coefficient (Wildman–Crippen LogP) is 4.31. The average Bonchev–Trinajstić information content (AvgIpc) is 2.88. The van der Waals surface area contributed by atoms with Crippen molar-refractivity contribution in [2.45, 2.75) is 64.1 Å². The number of esters is 1. The lowest BCUT2D eigenvalue weighted by Gasteiger charge is -2.16. The maximum Gasteiger partial charge on any atom is 0.310 e. The summed E-state index contributed by atoms with van der Waals surface area (Å²) in [4.78, 5) is 11.7. The van der Waals surface area contributed by atoms with E-state index >= 15 is 0 Å². The highest BCUT2D eigenvalue weighted by Gasteiger charge is 2.18. The lowest BCUT2D eigenvalue weighted by Crippen LogP contribution is -2.22. The summed E-state index contributed by atoms with van der Waals surface area (Å²) in [6.45, 7) is 11.0. The zero-order valence-electron chi connectivity index (χ0n) is 15.7. The monoisotopic (exact) mass is 365 g/mol. The first-order valence-corrected chi connectivity index (χ1v) is 9.94. The fraction of sp³-hybridized carbons (Fsp3) is 0.550. The van der Waals surface area contributed by atoms with Crippen molar-refractivity contribution >= 4 is 28.7 Å². The molecule has 0 aliphatic rings. The quantitative estimate of drug-likeness (QED) is 0.377. The van der Waals surface area contributed by atoms with E-state index in [1.807, 2.05) is 18.2 Å². The van der Waals surface area contributed by atoms with Crippen molar-refractivity contribution in [3.63, 3.8) is 0 Å². The van der Waals surface area contributed by atoms with Gasteiger partial charge in [0, 0.05) is 23.4 Å². The van der Waals surface area contributed by atoms with Gasteiger partial charge >= 0.3 is 5.97 Å². The van der Waals surface area contributed by atoms with Gasteiger partial charge in [0.1, 0.15) is 27.9 Å². The molecule has 138 valence electrons. The molecule has 1 unspecified atom stereocenters. The van der Waals surface area contributed by atoms with Gasteiger partial charge in [-0.1, -0.05) is 0 Å². The average molecular weight is 366 g/mol. The van der Waals surface area contributed by atoms with E-state index in [4.69, 9.17) is 13.9 Å². The standard InChI is InChI=1S/C20H28O4S/c1-6-22-20(21)10-16-12-23-19-11-17(7-8-18(16)19)24-14(4)9-15(5)25-13(2)3/h7-8,11-15H,6,9-10H2,1-5H3/p+1/t14-,15?/m1/s1. The SMILES string of the molecule is CCOC(=O)Cc1coc2cc(O[C@H](C)CC(C)[SH+]C(C)C)ccc12. The van der Waals surface area contributed by atoms with Gasteiger partial charge in [-0.15, -0.1) is 0 Å². The Morgan fingerprint density at radius 2 is 2.00 bits per heavy atom. The molecule has 1 heterocycles. The van der Waals surface area contributed by atoms with Gasteiger partial charge in [-0.25, -0.2) is 0 Å². The maximum absolute atomic E-state index is 11.7. The summed E-state index contributed by atoms with van der Waals surface area (Å²) in [7, 11) is 0. The summed E-state index contributed by atoms with van der Waals surface area (Å²) in [6, 6.07) is 5.78. The first-order valence-electron chi connectivity index (χ1n) is 8.91. The molecular formula is C20H29O4S+. The van der Waals surface area contributed by atoms with Crippen LogP contribution in [0.15, 0.2) is 28.9 Å². The molecule has 2 aromatic rings. The van der Waals surface area contributed by atoms with Crippen LogP contribution < -0.4 is 4.74 Å². The Bertz CT molecular complexity index is 692. The minimum absolute atomic E-state index is 0.146. The van der Waals surface area contributed by atoms with Gasteiger partial charge in [-0.3, -0.25) is 4.79 Å². The van der Waals surface area contributed by atoms with Crippen molar-refractivity contribution in [2.24, 2.45) is 0 Å². The second-order valence-corrected chi connectivity index (χ2v) is 8.87. The number of hydrogen-bond donors (Lipinski definition) is 0. The molecule has 0 radical (unpaired) electrons. The second-order valence-electron chi connectivity index (χ2n) is 6.66. The minimum atomic E-state index is -0.238. The highest BCUT2D eigenvalue weighted by Crippen LogP contribution is 2.27. The van der Waals surface area contributed by atoms with Crippen LogP contribution >= 0.6 is 0 Å². The van der Waals surface area contributed by atoms with Crippen LogP contribution in [0.1, 0.15) is 46.6 Å². The molecule has 1 aromatic heterocycles. The number of hydrogen-bond acceptors (Lipinski definition) is 4. The lowest BCUT2D eigenvalue weighted by molar-refractivity contribution is -0.142. The Morgan fingerprint density at radius 1 is 1.24 bits per heavy atom. The van der Waals surface area contributed by atoms with Gasteiger partial charge in [0.25, 0.3) is 0 Å².